The van der Waals surface area contributed by atoms with Crippen molar-refractivity contribution in [1.29, 1.82) is 0 Å². The van der Waals surface area contributed by atoms with Crippen LogP contribution in [0.2, 0.25) is 0 Å². The van der Waals surface area contributed by atoms with E-state index >= 15 is 0 Å². The Balaban J connectivity index is 2.42. The summed E-state index contributed by atoms with van der Waals surface area (Å²) >= 11 is 1.70. The van der Waals surface area contributed by atoms with Crippen molar-refractivity contribution in [3.05, 3.63) is 35.4 Å². The molecule has 0 aliphatic heterocycles. The Morgan fingerprint density at radius 1 is 1.30 bits per heavy atom. The van der Waals surface area contributed by atoms with E-state index in [1.54, 1.807) is 23.9 Å². The van der Waals surface area contributed by atoms with E-state index in [-0.39, 0.29) is 17.6 Å². The molecule has 0 spiro atoms. The topological polar surface area (TPSA) is 78.4 Å². The highest BCUT2D eigenvalue weighted by Crippen LogP contribution is 2.04. The molecule has 1 unspecified atom stereocenters. The van der Waals surface area contributed by atoms with E-state index in [9.17, 15) is 9.59 Å². The molecule has 0 bridgehead atoms. The number of hydrogen-bond donors (Lipinski definition) is 3. The summed E-state index contributed by atoms with van der Waals surface area (Å²) in [4.78, 5) is 22.4. The molecule has 2 amide bonds. The number of benzene rings is 1. The highest BCUT2D eigenvalue weighted by Gasteiger charge is 2.09. The number of thioether (sulfide) groups is 1. The third-order valence-corrected chi connectivity index (χ3v) is 3.59. The molecule has 20 heavy (non-hydrogen) atoms. The van der Waals surface area contributed by atoms with Crippen molar-refractivity contribution in [2.75, 3.05) is 12.0 Å². The lowest BCUT2D eigenvalue weighted by Crippen LogP contribution is -2.42. The lowest BCUT2D eigenvalue weighted by Gasteiger charge is -2.16. The monoisotopic (exact) mass is 296 g/mol. The van der Waals surface area contributed by atoms with Crippen LogP contribution in [-0.4, -0.2) is 35.2 Å². The van der Waals surface area contributed by atoms with Crippen molar-refractivity contribution in [2.45, 2.75) is 25.9 Å². The van der Waals surface area contributed by atoms with Gasteiger partial charge in [0.2, 0.25) is 0 Å². The van der Waals surface area contributed by atoms with Gasteiger partial charge in [-0.1, -0.05) is 19.1 Å². The number of carboxylic acid groups (broad SMARTS) is 1. The van der Waals surface area contributed by atoms with Gasteiger partial charge in [0.1, 0.15) is 0 Å². The van der Waals surface area contributed by atoms with Crippen molar-refractivity contribution in [3.63, 3.8) is 0 Å². The van der Waals surface area contributed by atoms with Gasteiger partial charge in [-0.05, 0) is 30.4 Å². The molecule has 6 heteroatoms. The Hall–Kier alpha value is -1.69. The van der Waals surface area contributed by atoms with Crippen LogP contribution in [0.15, 0.2) is 24.3 Å². The van der Waals surface area contributed by atoms with Gasteiger partial charge in [-0.2, -0.15) is 11.8 Å². The minimum absolute atomic E-state index is 0.166. The predicted octanol–water partition coefficient (Wildman–Crippen LogP) is 2.33. The molecule has 0 aliphatic carbocycles. The first-order chi connectivity index (χ1) is 9.56. The van der Waals surface area contributed by atoms with Gasteiger partial charge >= 0.3 is 12.0 Å². The number of urea groups is 1. The summed E-state index contributed by atoms with van der Waals surface area (Å²) in [5.41, 5.74) is 1.10. The van der Waals surface area contributed by atoms with Crippen LogP contribution in [0, 0.1) is 0 Å². The van der Waals surface area contributed by atoms with Gasteiger partial charge in [-0.25, -0.2) is 9.59 Å². The second-order valence-electron chi connectivity index (χ2n) is 4.39. The molecule has 0 aromatic heterocycles. The summed E-state index contributed by atoms with van der Waals surface area (Å²) in [5, 5.41) is 14.5. The molecular weight excluding hydrogens is 276 g/mol. The first-order valence-corrected chi connectivity index (χ1v) is 7.81. The van der Waals surface area contributed by atoms with E-state index in [1.807, 2.05) is 13.2 Å². The van der Waals surface area contributed by atoms with Gasteiger partial charge in [0.25, 0.3) is 0 Å². The molecule has 3 N–H and O–H groups in total. The molecule has 1 atom stereocenters. The smallest absolute Gasteiger partial charge is 0.335 e. The summed E-state index contributed by atoms with van der Waals surface area (Å²) in [5.74, 6) is -0.0675. The fraction of sp³-hybridized carbons (Fsp3) is 0.429. The number of amides is 2. The number of rotatable bonds is 7. The van der Waals surface area contributed by atoms with Crippen molar-refractivity contribution < 1.29 is 14.7 Å². The van der Waals surface area contributed by atoms with Crippen LogP contribution in [0.25, 0.3) is 0 Å². The Morgan fingerprint density at radius 3 is 2.45 bits per heavy atom. The van der Waals surface area contributed by atoms with E-state index < -0.39 is 5.97 Å². The Labute approximate surface area is 123 Å². The molecule has 0 saturated heterocycles. The molecule has 1 aromatic carbocycles. The lowest BCUT2D eigenvalue weighted by atomic mass is 10.1. The van der Waals surface area contributed by atoms with Crippen molar-refractivity contribution >= 4 is 23.8 Å². The van der Waals surface area contributed by atoms with Gasteiger partial charge in [0.05, 0.1) is 5.56 Å². The lowest BCUT2D eigenvalue weighted by molar-refractivity contribution is 0.0697. The minimum Gasteiger partial charge on any atom is -0.478 e. The summed E-state index contributed by atoms with van der Waals surface area (Å²) in [7, 11) is 0. The standard InChI is InChI=1S/C14H20N2O3S/c1-3-12(9-20-2)16-14(19)15-8-10-4-6-11(7-5-10)13(17)18/h4-7,12H,3,8-9H2,1-2H3,(H,17,18)(H2,15,16,19). The molecular formula is C14H20N2O3S. The van der Waals surface area contributed by atoms with Crippen LogP contribution in [-0.2, 0) is 6.54 Å². The van der Waals surface area contributed by atoms with Gasteiger partial charge in [-0.15, -0.1) is 0 Å². The molecule has 0 saturated carbocycles. The third-order valence-electron chi connectivity index (χ3n) is 2.85. The number of carbonyl (C=O) groups excluding carboxylic acids is 1. The van der Waals surface area contributed by atoms with Gasteiger partial charge in [-0.3, -0.25) is 0 Å². The maximum atomic E-state index is 11.7. The minimum atomic E-state index is -0.954. The van der Waals surface area contributed by atoms with Crippen molar-refractivity contribution in [2.24, 2.45) is 0 Å². The number of carbonyl (C=O) groups is 2. The largest absolute Gasteiger partial charge is 0.478 e. The SMILES string of the molecule is CCC(CSC)NC(=O)NCc1ccc(C(=O)O)cc1. The van der Waals surface area contributed by atoms with Crippen LogP contribution < -0.4 is 10.6 Å². The summed E-state index contributed by atoms with van der Waals surface area (Å²) in [6, 6.07) is 6.42. The van der Waals surface area contributed by atoms with E-state index in [1.165, 1.54) is 12.1 Å². The van der Waals surface area contributed by atoms with Crippen LogP contribution in [0.1, 0.15) is 29.3 Å². The van der Waals surface area contributed by atoms with Crippen LogP contribution >= 0.6 is 11.8 Å². The maximum Gasteiger partial charge on any atom is 0.335 e. The zero-order valence-electron chi connectivity index (χ0n) is 11.7. The number of nitrogens with one attached hydrogen (secondary N) is 2. The molecule has 1 aromatic rings. The average molecular weight is 296 g/mol. The quantitative estimate of drug-likeness (QED) is 0.721. The van der Waals surface area contributed by atoms with Gasteiger partial charge in [0, 0.05) is 18.3 Å². The van der Waals surface area contributed by atoms with Crippen LogP contribution in [0.3, 0.4) is 0 Å². The van der Waals surface area contributed by atoms with Crippen molar-refractivity contribution in [3.8, 4) is 0 Å². The second kappa shape index (κ2) is 8.47. The molecule has 0 aliphatic rings. The number of carboxylic acids is 1. The molecule has 110 valence electrons. The molecule has 0 radical (unpaired) electrons. The summed E-state index contributed by atoms with van der Waals surface area (Å²) < 4.78 is 0. The van der Waals surface area contributed by atoms with E-state index in [4.69, 9.17) is 5.11 Å². The second-order valence-corrected chi connectivity index (χ2v) is 5.30. The zero-order chi connectivity index (χ0) is 15.0. The van der Waals surface area contributed by atoms with Gasteiger partial charge in [0.15, 0.2) is 0 Å². The van der Waals surface area contributed by atoms with E-state index in [0.29, 0.717) is 6.54 Å². The molecule has 0 fully saturated rings. The normalized spacial score (nSPS) is 11.7. The zero-order valence-corrected chi connectivity index (χ0v) is 12.5. The predicted molar refractivity (Wildman–Crippen MR) is 81.2 cm³/mol. The highest BCUT2D eigenvalue weighted by molar-refractivity contribution is 7.98. The molecule has 5 nitrogen and oxygen atoms in total. The molecule has 1 rings (SSSR count). The first kappa shape index (κ1) is 16.4. The average Bonchev–Trinajstić information content (AvgIpc) is 2.45. The van der Waals surface area contributed by atoms with Gasteiger partial charge < -0.3 is 15.7 Å². The van der Waals surface area contributed by atoms with Crippen molar-refractivity contribution in [1.82, 2.24) is 10.6 Å². The Bertz CT molecular complexity index is 448. The van der Waals surface area contributed by atoms with Crippen LogP contribution in [0.4, 0.5) is 4.79 Å². The first-order valence-electron chi connectivity index (χ1n) is 6.42. The maximum absolute atomic E-state index is 11.7. The van der Waals surface area contributed by atoms with Crippen LogP contribution in [0.5, 0.6) is 0 Å². The molecule has 0 heterocycles. The van der Waals surface area contributed by atoms with E-state index in [2.05, 4.69) is 10.6 Å². The summed E-state index contributed by atoms with van der Waals surface area (Å²) in [6.45, 7) is 2.41. The Morgan fingerprint density at radius 2 is 1.95 bits per heavy atom. The number of aromatic carboxylic acids is 1. The summed E-state index contributed by atoms with van der Waals surface area (Å²) in [6.07, 6.45) is 2.90. The Kier molecular flexibility index (Phi) is 6.93. The number of hydrogen-bond acceptors (Lipinski definition) is 3. The van der Waals surface area contributed by atoms with E-state index in [0.717, 1.165) is 17.7 Å². The highest BCUT2D eigenvalue weighted by atomic mass is 32.2. The fourth-order valence-electron chi connectivity index (χ4n) is 1.65. The third kappa shape index (κ3) is 5.52. The fourth-order valence-corrected chi connectivity index (χ4v) is 2.37.